The summed E-state index contributed by atoms with van der Waals surface area (Å²) in [5, 5.41) is 1.95. The molecule has 1 aliphatic heterocycles. The van der Waals surface area contributed by atoms with Crippen molar-refractivity contribution in [2.24, 2.45) is 0 Å². The Bertz CT molecular complexity index is 973. The van der Waals surface area contributed by atoms with Crippen molar-refractivity contribution in [3.05, 3.63) is 33.8 Å². The third-order valence-electron chi connectivity index (χ3n) is 4.59. The van der Waals surface area contributed by atoms with Gasteiger partial charge in [-0.1, -0.05) is 11.3 Å². The molecule has 2 aromatic heterocycles. The Balaban J connectivity index is 1.45. The number of nitrogens with zero attached hydrogens (tertiary/aromatic N) is 4. The van der Waals surface area contributed by atoms with Crippen LogP contribution in [0.15, 0.2) is 18.2 Å². The number of hydrogen-bond acceptors (Lipinski definition) is 7. The molecule has 0 spiro atoms. The molecule has 1 saturated heterocycles. The van der Waals surface area contributed by atoms with E-state index in [1.54, 1.807) is 11.3 Å². The van der Waals surface area contributed by atoms with Crippen molar-refractivity contribution in [3.63, 3.8) is 0 Å². The number of ether oxygens (including phenoxy) is 1. The van der Waals surface area contributed by atoms with E-state index in [1.807, 2.05) is 37.8 Å². The number of hydrogen-bond donors (Lipinski definition) is 0. The molecule has 1 aliphatic rings. The van der Waals surface area contributed by atoms with E-state index in [4.69, 9.17) is 9.72 Å². The lowest BCUT2D eigenvalue weighted by atomic mass is 10.3. The third-order valence-corrected chi connectivity index (χ3v) is 6.73. The van der Waals surface area contributed by atoms with E-state index in [2.05, 4.69) is 16.0 Å². The summed E-state index contributed by atoms with van der Waals surface area (Å²) in [6.07, 6.45) is 0. The first-order chi connectivity index (χ1) is 13.0. The highest BCUT2D eigenvalue weighted by Gasteiger charge is 2.26. The first kappa shape index (κ1) is 18.2. The highest BCUT2D eigenvalue weighted by molar-refractivity contribution is 7.22. The van der Waals surface area contributed by atoms with Gasteiger partial charge in [-0.15, -0.1) is 11.3 Å². The molecule has 6 nitrogen and oxygen atoms in total. The van der Waals surface area contributed by atoms with Gasteiger partial charge >= 0.3 is 0 Å². The Hall–Kier alpha value is -2.19. The third kappa shape index (κ3) is 3.64. The number of aromatic nitrogens is 2. The summed E-state index contributed by atoms with van der Waals surface area (Å²) in [5.41, 5.74) is 1.83. The molecule has 8 heteroatoms. The zero-order chi connectivity index (χ0) is 19.0. The van der Waals surface area contributed by atoms with E-state index < -0.39 is 0 Å². The lowest BCUT2D eigenvalue weighted by Crippen LogP contribution is -2.48. The number of rotatable bonds is 4. The Labute approximate surface area is 166 Å². The van der Waals surface area contributed by atoms with Crippen molar-refractivity contribution in [1.29, 1.82) is 0 Å². The SMILES string of the molecule is CCOc1ccc2nc(N3CCN(C(=O)c4sc(C)nc4C)CC3)sc2c1. The number of aryl methyl sites for hydroxylation is 2. The Morgan fingerprint density at radius 3 is 2.59 bits per heavy atom. The minimum Gasteiger partial charge on any atom is -0.494 e. The van der Waals surface area contributed by atoms with Gasteiger partial charge in [-0.25, -0.2) is 9.97 Å². The summed E-state index contributed by atoms with van der Waals surface area (Å²) in [4.78, 5) is 26.9. The molecule has 3 aromatic rings. The number of amides is 1. The molecule has 0 N–H and O–H groups in total. The van der Waals surface area contributed by atoms with E-state index in [1.165, 1.54) is 11.3 Å². The number of thiazole rings is 2. The van der Waals surface area contributed by atoms with Crippen molar-refractivity contribution >= 4 is 43.9 Å². The fraction of sp³-hybridized carbons (Fsp3) is 0.421. The second kappa shape index (κ2) is 7.44. The summed E-state index contributed by atoms with van der Waals surface area (Å²) in [7, 11) is 0. The number of piperazine rings is 1. The number of anilines is 1. The normalized spacial score (nSPS) is 14.8. The van der Waals surface area contributed by atoms with Crippen LogP contribution in [-0.4, -0.2) is 53.6 Å². The van der Waals surface area contributed by atoms with Crippen molar-refractivity contribution < 1.29 is 9.53 Å². The lowest BCUT2D eigenvalue weighted by Gasteiger charge is -2.34. The van der Waals surface area contributed by atoms with E-state index in [9.17, 15) is 4.79 Å². The molecule has 4 rings (SSSR count). The molecule has 1 aromatic carbocycles. The molecule has 0 saturated carbocycles. The van der Waals surface area contributed by atoms with Crippen LogP contribution in [0.2, 0.25) is 0 Å². The molecule has 0 radical (unpaired) electrons. The smallest absolute Gasteiger partial charge is 0.265 e. The van der Waals surface area contributed by atoms with Crippen molar-refractivity contribution in [3.8, 4) is 5.75 Å². The highest BCUT2D eigenvalue weighted by Crippen LogP contribution is 2.32. The summed E-state index contributed by atoms with van der Waals surface area (Å²) in [6, 6.07) is 6.02. The average Bonchev–Trinajstić information content (AvgIpc) is 3.23. The number of fused-ring (bicyclic) bond motifs is 1. The maximum absolute atomic E-state index is 12.8. The molecule has 1 amide bonds. The zero-order valence-corrected chi connectivity index (χ0v) is 17.3. The van der Waals surface area contributed by atoms with Gasteiger partial charge in [0.1, 0.15) is 10.6 Å². The highest BCUT2D eigenvalue weighted by atomic mass is 32.1. The van der Waals surface area contributed by atoms with Crippen LogP contribution in [-0.2, 0) is 0 Å². The van der Waals surface area contributed by atoms with E-state index in [0.717, 1.165) is 49.8 Å². The fourth-order valence-electron chi connectivity index (χ4n) is 3.26. The molecule has 3 heterocycles. The minimum absolute atomic E-state index is 0.100. The molecular weight excluding hydrogens is 380 g/mol. The van der Waals surface area contributed by atoms with Crippen LogP contribution in [0.5, 0.6) is 5.75 Å². The summed E-state index contributed by atoms with van der Waals surface area (Å²) >= 11 is 3.16. The molecule has 0 bridgehead atoms. The van der Waals surface area contributed by atoms with Gasteiger partial charge in [0.25, 0.3) is 5.91 Å². The van der Waals surface area contributed by atoms with Crippen LogP contribution in [0.4, 0.5) is 5.13 Å². The molecular formula is C19H22N4O2S2. The van der Waals surface area contributed by atoms with Gasteiger partial charge < -0.3 is 14.5 Å². The maximum atomic E-state index is 12.8. The largest absolute Gasteiger partial charge is 0.494 e. The van der Waals surface area contributed by atoms with E-state index in [-0.39, 0.29) is 5.91 Å². The monoisotopic (exact) mass is 402 g/mol. The first-order valence-electron chi connectivity index (χ1n) is 9.07. The summed E-state index contributed by atoms with van der Waals surface area (Å²) < 4.78 is 6.71. The van der Waals surface area contributed by atoms with Gasteiger partial charge in [0, 0.05) is 26.2 Å². The van der Waals surface area contributed by atoms with E-state index >= 15 is 0 Å². The van der Waals surface area contributed by atoms with Crippen LogP contribution in [0.25, 0.3) is 10.2 Å². The summed E-state index contributed by atoms with van der Waals surface area (Å²) in [5.74, 6) is 0.981. The number of carbonyl (C=O) groups is 1. The van der Waals surface area contributed by atoms with Gasteiger partial charge in [0.15, 0.2) is 5.13 Å². The first-order valence-corrected chi connectivity index (χ1v) is 10.7. The number of carbonyl (C=O) groups excluding carboxylic acids is 1. The molecule has 142 valence electrons. The van der Waals surface area contributed by atoms with Gasteiger partial charge in [-0.05, 0) is 39.0 Å². The molecule has 0 aliphatic carbocycles. The van der Waals surface area contributed by atoms with Gasteiger partial charge in [-0.2, -0.15) is 0 Å². The Morgan fingerprint density at radius 2 is 1.93 bits per heavy atom. The molecule has 0 atom stereocenters. The fourth-order valence-corrected chi connectivity index (χ4v) is 5.19. The predicted octanol–water partition coefficient (Wildman–Crippen LogP) is 3.73. The van der Waals surface area contributed by atoms with Gasteiger partial charge in [0.05, 0.1) is 27.5 Å². The van der Waals surface area contributed by atoms with Crippen LogP contribution in [0.3, 0.4) is 0 Å². The van der Waals surface area contributed by atoms with Crippen LogP contribution in [0.1, 0.15) is 27.3 Å². The van der Waals surface area contributed by atoms with Gasteiger partial charge in [0.2, 0.25) is 0 Å². The molecule has 1 fully saturated rings. The van der Waals surface area contributed by atoms with Crippen LogP contribution >= 0.6 is 22.7 Å². The van der Waals surface area contributed by atoms with Gasteiger partial charge in [-0.3, -0.25) is 4.79 Å². The van der Waals surface area contributed by atoms with Crippen molar-refractivity contribution in [2.75, 3.05) is 37.7 Å². The topological polar surface area (TPSA) is 58.6 Å². The minimum atomic E-state index is 0.100. The van der Waals surface area contributed by atoms with Crippen molar-refractivity contribution in [2.45, 2.75) is 20.8 Å². The Morgan fingerprint density at radius 1 is 1.15 bits per heavy atom. The van der Waals surface area contributed by atoms with Crippen LogP contribution < -0.4 is 9.64 Å². The molecule has 27 heavy (non-hydrogen) atoms. The zero-order valence-electron chi connectivity index (χ0n) is 15.7. The predicted molar refractivity (Wildman–Crippen MR) is 110 cm³/mol. The van der Waals surface area contributed by atoms with Crippen molar-refractivity contribution in [1.82, 2.24) is 14.9 Å². The maximum Gasteiger partial charge on any atom is 0.265 e. The Kier molecular flexibility index (Phi) is 5.01. The van der Waals surface area contributed by atoms with E-state index in [0.29, 0.717) is 19.7 Å². The average molecular weight is 403 g/mol. The van der Waals surface area contributed by atoms with Crippen LogP contribution in [0, 0.1) is 13.8 Å². The second-order valence-corrected chi connectivity index (χ2v) is 8.70. The second-order valence-electron chi connectivity index (χ2n) is 6.49. The number of benzene rings is 1. The lowest BCUT2D eigenvalue weighted by molar-refractivity contribution is 0.0750. The molecule has 0 unspecified atom stereocenters. The quantitative estimate of drug-likeness (QED) is 0.665. The summed E-state index contributed by atoms with van der Waals surface area (Å²) in [6.45, 7) is 9.48. The standard InChI is InChI=1S/C19H22N4O2S2/c1-4-25-14-5-6-15-16(11-14)27-19(21-15)23-9-7-22(8-10-23)18(24)17-12(2)20-13(3)26-17/h5-6,11H,4,7-10H2,1-3H3.